The molecule has 0 heterocycles. The predicted octanol–water partition coefficient (Wildman–Crippen LogP) is 0.531. The van der Waals surface area contributed by atoms with Gasteiger partial charge in [0.25, 0.3) is 0 Å². The van der Waals surface area contributed by atoms with Crippen molar-refractivity contribution in [1.29, 1.82) is 0 Å². The van der Waals surface area contributed by atoms with E-state index >= 15 is 0 Å². The minimum atomic E-state index is -0.930. The van der Waals surface area contributed by atoms with Crippen molar-refractivity contribution in [2.75, 3.05) is 34.4 Å². The van der Waals surface area contributed by atoms with E-state index in [2.05, 4.69) is 17.9 Å². The van der Waals surface area contributed by atoms with E-state index in [4.69, 9.17) is 9.47 Å². The molecule has 0 aliphatic heterocycles. The van der Waals surface area contributed by atoms with Gasteiger partial charge in [0.15, 0.2) is 0 Å². The van der Waals surface area contributed by atoms with Gasteiger partial charge >= 0.3 is 5.97 Å². The second kappa shape index (κ2) is 11.8. The molecule has 0 saturated carbocycles. The molecule has 1 N–H and O–H groups in total. The highest BCUT2D eigenvalue weighted by Crippen LogP contribution is 2.12. The summed E-state index contributed by atoms with van der Waals surface area (Å²) in [6.07, 6.45) is 0.794. The van der Waals surface area contributed by atoms with Crippen molar-refractivity contribution in [2.45, 2.75) is 31.2 Å². The summed E-state index contributed by atoms with van der Waals surface area (Å²) in [5.74, 6) is -0.683. The van der Waals surface area contributed by atoms with Crippen molar-refractivity contribution in [3.8, 4) is 0 Å². The Hall–Kier alpha value is -1.70. The maximum absolute atomic E-state index is 12.2. The summed E-state index contributed by atoms with van der Waals surface area (Å²) in [6.45, 7) is 7.62. The van der Waals surface area contributed by atoms with Crippen LogP contribution in [0.4, 0.5) is 0 Å². The molecule has 0 aromatic heterocycles. The largest absolute Gasteiger partial charge is 0.469 e. The Kier molecular flexibility index (Phi) is 10.9. The number of aliphatic hydroxyl groups excluding tert-OH is 1. The second-order valence-electron chi connectivity index (χ2n) is 4.86. The summed E-state index contributed by atoms with van der Waals surface area (Å²) >= 11 is 0. The third-order valence-electron chi connectivity index (χ3n) is 3.39. The Morgan fingerprint density at radius 3 is 2.26 bits per heavy atom. The molecule has 0 bridgehead atoms. The van der Waals surface area contributed by atoms with Crippen LogP contribution in [0.25, 0.3) is 0 Å². The Balaban J connectivity index is 4.92. The maximum atomic E-state index is 12.2. The standard InChI is InChI=1S/C16H27NO6/c1-6-10-17(14(19)8-9-15(20)22-4)11-13(21-3)16(23-5)12(18)7-2/h6-7,12-13,16,18H,1-2,8-11H2,3-5H3/t12-,13?,16?/m1/s1. The van der Waals surface area contributed by atoms with Gasteiger partial charge in [-0.25, -0.2) is 0 Å². The van der Waals surface area contributed by atoms with Crippen LogP contribution in [-0.4, -0.2) is 74.6 Å². The smallest absolute Gasteiger partial charge is 0.306 e. The molecule has 2 unspecified atom stereocenters. The number of carbonyl (C=O) groups is 2. The molecular weight excluding hydrogens is 302 g/mol. The van der Waals surface area contributed by atoms with Gasteiger partial charge in [0.05, 0.1) is 13.5 Å². The molecule has 0 fully saturated rings. The SMILES string of the molecule is C=CCN(CC(OC)C(OC)[C@H](O)C=C)C(=O)CCC(=O)OC. The van der Waals surface area contributed by atoms with Gasteiger partial charge in [0, 0.05) is 33.7 Å². The highest BCUT2D eigenvalue weighted by molar-refractivity contribution is 5.81. The number of aliphatic hydroxyl groups is 1. The number of methoxy groups -OCH3 is 3. The zero-order valence-corrected chi connectivity index (χ0v) is 14.1. The number of rotatable bonds is 12. The van der Waals surface area contributed by atoms with Gasteiger partial charge in [-0.1, -0.05) is 12.2 Å². The Morgan fingerprint density at radius 2 is 1.83 bits per heavy atom. The average molecular weight is 329 g/mol. The fraction of sp³-hybridized carbons (Fsp3) is 0.625. The van der Waals surface area contributed by atoms with Crippen LogP contribution in [0.3, 0.4) is 0 Å². The van der Waals surface area contributed by atoms with Crippen LogP contribution < -0.4 is 0 Å². The third kappa shape index (κ3) is 7.40. The molecule has 132 valence electrons. The van der Waals surface area contributed by atoms with Crippen molar-refractivity contribution in [1.82, 2.24) is 4.90 Å². The number of amides is 1. The molecule has 7 heteroatoms. The molecule has 0 aliphatic carbocycles. The number of hydrogen-bond donors (Lipinski definition) is 1. The predicted molar refractivity (Wildman–Crippen MR) is 85.8 cm³/mol. The highest BCUT2D eigenvalue weighted by atomic mass is 16.5. The minimum absolute atomic E-state index is 0.00359. The lowest BCUT2D eigenvalue weighted by Gasteiger charge is -2.32. The Morgan fingerprint density at radius 1 is 1.17 bits per heavy atom. The summed E-state index contributed by atoms with van der Waals surface area (Å²) in [5, 5.41) is 9.90. The van der Waals surface area contributed by atoms with Crippen molar-refractivity contribution >= 4 is 11.9 Å². The van der Waals surface area contributed by atoms with Gasteiger partial charge in [-0.05, 0) is 0 Å². The average Bonchev–Trinajstić information content (AvgIpc) is 2.57. The zero-order valence-electron chi connectivity index (χ0n) is 14.1. The first-order chi connectivity index (χ1) is 10.9. The lowest BCUT2D eigenvalue weighted by atomic mass is 10.1. The molecule has 0 radical (unpaired) electrons. The molecule has 1 amide bonds. The van der Waals surface area contributed by atoms with Crippen LogP contribution in [0.2, 0.25) is 0 Å². The van der Waals surface area contributed by atoms with Gasteiger partial charge < -0.3 is 24.2 Å². The first-order valence-electron chi connectivity index (χ1n) is 7.26. The van der Waals surface area contributed by atoms with E-state index in [1.165, 1.54) is 32.3 Å². The van der Waals surface area contributed by atoms with Gasteiger partial charge in [0.2, 0.25) is 5.91 Å². The minimum Gasteiger partial charge on any atom is -0.469 e. The molecule has 0 aromatic carbocycles. The van der Waals surface area contributed by atoms with Crippen molar-refractivity contribution in [3.05, 3.63) is 25.3 Å². The summed E-state index contributed by atoms with van der Waals surface area (Å²) < 4.78 is 15.1. The lowest BCUT2D eigenvalue weighted by Crippen LogP contribution is -2.48. The van der Waals surface area contributed by atoms with Crippen molar-refractivity contribution in [2.24, 2.45) is 0 Å². The number of esters is 1. The van der Waals surface area contributed by atoms with Crippen LogP contribution in [-0.2, 0) is 23.8 Å². The number of hydrogen-bond acceptors (Lipinski definition) is 6. The van der Waals surface area contributed by atoms with Crippen molar-refractivity contribution in [3.63, 3.8) is 0 Å². The molecule has 0 aromatic rings. The first-order valence-corrected chi connectivity index (χ1v) is 7.26. The Labute approximate surface area is 137 Å². The molecule has 0 aliphatic rings. The van der Waals surface area contributed by atoms with E-state index in [0.29, 0.717) is 6.54 Å². The second-order valence-corrected chi connectivity index (χ2v) is 4.86. The van der Waals surface area contributed by atoms with E-state index in [-0.39, 0.29) is 25.3 Å². The van der Waals surface area contributed by atoms with Crippen LogP contribution in [0.15, 0.2) is 25.3 Å². The zero-order chi connectivity index (χ0) is 17.8. The van der Waals surface area contributed by atoms with Crippen LogP contribution in [0, 0.1) is 0 Å². The van der Waals surface area contributed by atoms with Crippen LogP contribution in [0.5, 0.6) is 0 Å². The lowest BCUT2D eigenvalue weighted by molar-refractivity contribution is -0.144. The summed E-state index contributed by atoms with van der Waals surface area (Å²) in [5.41, 5.74) is 0. The summed E-state index contributed by atoms with van der Waals surface area (Å²) in [6, 6.07) is 0. The molecule has 0 saturated heterocycles. The normalized spacial score (nSPS) is 14.4. The molecule has 7 nitrogen and oxygen atoms in total. The summed E-state index contributed by atoms with van der Waals surface area (Å²) in [7, 11) is 4.19. The fourth-order valence-electron chi connectivity index (χ4n) is 2.08. The van der Waals surface area contributed by atoms with E-state index in [0.717, 1.165) is 0 Å². The molecule has 3 atom stereocenters. The van der Waals surface area contributed by atoms with Crippen molar-refractivity contribution < 1.29 is 28.9 Å². The van der Waals surface area contributed by atoms with Gasteiger partial charge in [-0.2, -0.15) is 0 Å². The van der Waals surface area contributed by atoms with Crippen LogP contribution in [0.1, 0.15) is 12.8 Å². The molecule has 23 heavy (non-hydrogen) atoms. The molecular formula is C16H27NO6. The first kappa shape index (κ1) is 21.3. The van der Waals surface area contributed by atoms with Gasteiger partial charge in [0.1, 0.15) is 18.3 Å². The highest BCUT2D eigenvalue weighted by Gasteiger charge is 2.29. The van der Waals surface area contributed by atoms with Crippen LogP contribution >= 0.6 is 0 Å². The number of ether oxygens (including phenoxy) is 3. The van der Waals surface area contributed by atoms with Gasteiger partial charge in [-0.15, -0.1) is 13.2 Å². The maximum Gasteiger partial charge on any atom is 0.306 e. The summed E-state index contributed by atoms with van der Waals surface area (Å²) in [4.78, 5) is 24.9. The topological polar surface area (TPSA) is 85.3 Å². The van der Waals surface area contributed by atoms with E-state index in [1.54, 1.807) is 6.08 Å². The van der Waals surface area contributed by atoms with E-state index in [9.17, 15) is 14.7 Å². The molecule has 0 spiro atoms. The number of carbonyl (C=O) groups excluding carboxylic acids is 2. The monoisotopic (exact) mass is 329 g/mol. The van der Waals surface area contributed by atoms with E-state index in [1.807, 2.05) is 0 Å². The number of nitrogens with zero attached hydrogens (tertiary/aromatic N) is 1. The quantitative estimate of drug-likeness (QED) is 0.415. The third-order valence-corrected chi connectivity index (χ3v) is 3.39. The molecule has 0 rings (SSSR count). The Bertz CT molecular complexity index is 398. The van der Waals surface area contributed by atoms with E-state index < -0.39 is 24.3 Å². The fourth-order valence-corrected chi connectivity index (χ4v) is 2.08. The van der Waals surface area contributed by atoms with Gasteiger partial charge in [-0.3, -0.25) is 9.59 Å².